The summed E-state index contributed by atoms with van der Waals surface area (Å²) in [6.45, 7) is 1.88. The van der Waals surface area contributed by atoms with E-state index in [0.717, 1.165) is 17.7 Å². The van der Waals surface area contributed by atoms with Crippen LogP contribution in [-0.2, 0) is 6.18 Å². The van der Waals surface area contributed by atoms with Crippen molar-refractivity contribution in [3.8, 4) is 11.6 Å². The molecule has 0 saturated carbocycles. The predicted octanol–water partition coefficient (Wildman–Crippen LogP) is 4.55. The van der Waals surface area contributed by atoms with Crippen molar-refractivity contribution in [1.82, 2.24) is 4.98 Å². The number of nitrogens with zero attached hydrogens (tertiary/aromatic N) is 1. The van der Waals surface area contributed by atoms with E-state index in [2.05, 4.69) is 20.9 Å². The normalized spacial score (nSPS) is 11.4. The van der Waals surface area contributed by atoms with Gasteiger partial charge < -0.3 is 10.5 Å². The number of pyridine rings is 1. The molecule has 0 aliphatic rings. The molecule has 20 heavy (non-hydrogen) atoms. The Bertz CT molecular complexity index is 644. The number of alkyl halides is 3. The van der Waals surface area contributed by atoms with Crippen molar-refractivity contribution in [2.75, 3.05) is 5.73 Å². The summed E-state index contributed by atoms with van der Waals surface area (Å²) in [4.78, 5) is 3.74. The quantitative estimate of drug-likeness (QED) is 0.867. The Labute approximate surface area is 121 Å². The molecular formula is C13H10BrF3N2O. The number of nitrogens with two attached hydrogens (primary N) is 1. The van der Waals surface area contributed by atoms with Gasteiger partial charge >= 0.3 is 6.18 Å². The molecule has 106 valence electrons. The van der Waals surface area contributed by atoms with E-state index in [1.165, 1.54) is 0 Å². The van der Waals surface area contributed by atoms with Gasteiger partial charge in [-0.15, -0.1) is 0 Å². The number of hydrogen-bond donors (Lipinski definition) is 1. The van der Waals surface area contributed by atoms with Crippen LogP contribution < -0.4 is 10.5 Å². The van der Waals surface area contributed by atoms with Gasteiger partial charge in [-0.2, -0.15) is 18.2 Å². The maximum absolute atomic E-state index is 12.7. The highest BCUT2D eigenvalue weighted by Gasteiger charge is 2.31. The molecule has 0 saturated heterocycles. The van der Waals surface area contributed by atoms with E-state index in [-0.39, 0.29) is 11.7 Å². The fraction of sp³-hybridized carbons (Fsp3) is 0.154. The molecule has 2 aromatic rings. The Morgan fingerprint density at radius 2 is 1.90 bits per heavy atom. The Morgan fingerprint density at radius 3 is 2.50 bits per heavy atom. The molecular weight excluding hydrogens is 337 g/mol. The van der Waals surface area contributed by atoms with Crippen LogP contribution in [0.15, 0.2) is 34.8 Å². The second-order valence-electron chi connectivity index (χ2n) is 4.15. The number of nitrogen functional groups attached to an aromatic ring is 1. The maximum Gasteiger partial charge on any atom is 0.416 e. The standard InChI is InChI=1S/C13H10BrF3N2O/c1-7-2-3-10(9(14)4-7)20-12-6-8(13(15,16)17)5-11(18)19-12/h2-6H,1H3,(H2,18,19). The highest BCUT2D eigenvalue weighted by Crippen LogP contribution is 2.35. The van der Waals surface area contributed by atoms with Crippen LogP contribution in [0, 0.1) is 6.92 Å². The second kappa shape index (κ2) is 5.32. The number of aromatic nitrogens is 1. The molecule has 0 amide bonds. The van der Waals surface area contributed by atoms with Crippen LogP contribution in [0.25, 0.3) is 0 Å². The number of rotatable bonds is 2. The first-order valence-electron chi connectivity index (χ1n) is 5.54. The Morgan fingerprint density at radius 1 is 1.20 bits per heavy atom. The molecule has 0 aliphatic heterocycles. The number of halogens is 4. The summed E-state index contributed by atoms with van der Waals surface area (Å²) in [6, 6.07) is 6.76. The number of aryl methyl sites for hydroxylation is 1. The second-order valence-corrected chi connectivity index (χ2v) is 5.01. The van der Waals surface area contributed by atoms with Crippen molar-refractivity contribution in [2.45, 2.75) is 13.1 Å². The van der Waals surface area contributed by atoms with Crippen LogP contribution in [0.4, 0.5) is 19.0 Å². The van der Waals surface area contributed by atoms with E-state index >= 15 is 0 Å². The zero-order valence-corrected chi connectivity index (χ0v) is 11.9. The Balaban J connectivity index is 2.36. The van der Waals surface area contributed by atoms with Crippen molar-refractivity contribution in [2.24, 2.45) is 0 Å². The Hall–Kier alpha value is -1.76. The molecule has 0 fully saturated rings. The van der Waals surface area contributed by atoms with Crippen molar-refractivity contribution in [1.29, 1.82) is 0 Å². The molecule has 3 nitrogen and oxygen atoms in total. The van der Waals surface area contributed by atoms with Gasteiger partial charge in [0.1, 0.15) is 11.6 Å². The number of benzene rings is 1. The van der Waals surface area contributed by atoms with Gasteiger partial charge in [0.25, 0.3) is 0 Å². The van der Waals surface area contributed by atoms with Gasteiger partial charge in [-0.1, -0.05) is 6.07 Å². The summed E-state index contributed by atoms with van der Waals surface area (Å²) in [6.07, 6.45) is -4.50. The van der Waals surface area contributed by atoms with Gasteiger partial charge in [0.2, 0.25) is 5.88 Å². The first kappa shape index (κ1) is 14.6. The van der Waals surface area contributed by atoms with Gasteiger partial charge in [0.15, 0.2) is 0 Å². The SMILES string of the molecule is Cc1ccc(Oc2cc(C(F)(F)F)cc(N)n2)c(Br)c1. The van der Waals surface area contributed by atoms with Gasteiger partial charge in [-0.3, -0.25) is 0 Å². The summed E-state index contributed by atoms with van der Waals surface area (Å²) in [7, 11) is 0. The minimum atomic E-state index is -4.50. The zero-order chi connectivity index (χ0) is 14.9. The molecule has 0 radical (unpaired) electrons. The number of hydrogen-bond acceptors (Lipinski definition) is 3. The summed E-state index contributed by atoms with van der Waals surface area (Å²) in [5.41, 5.74) is 5.46. The Kier molecular flexibility index (Phi) is 3.89. The van der Waals surface area contributed by atoms with Crippen LogP contribution in [0.5, 0.6) is 11.6 Å². The van der Waals surface area contributed by atoms with Crippen LogP contribution in [0.1, 0.15) is 11.1 Å². The lowest BCUT2D eigenvalue weighted by molar-refractivity contribution is -0.137. The molecule has 0 spiro atoms. The van der Waals surface area contributed by atoms with Crippen molar-refractivity contribution in [3.05, 3.63) is 45.9 Å². The minimum absolute atomic E-state index is 0.207. The van der Waals surface area contributed by atoms with Crippen LogP contribution in [-0.4, -0.2) is 4.98 Å². The largest absolute Gasteiger partial charge is 0.438 e. The monoisotopic (exact) mass is 346 g/mol. The highest BCUT2D eigenvalue weighted by atomic mass is 79.9. The molecule has 0 atom stereocenters. The average Bonchev–Trinajstić information content (AvgIpc) is 2.31. The molecule has 1 aromatic heterocycles. The fourth-order valence-corrected chi connectivity index (χ4v) is 2.12. The molecule has 1 heterocycles. The maximum atomic E-state index is 12.7. The lowest BCUT2D eigenvalue weighted by atomic mass is 10.2. The predicted molar refractivity (Wildman–Crippen MR) is 72.6 cm³/mol. The van der Waals surface area contributed by atoms with E-state index in [4.69, 9.17) is 10.5 Å². The third kappa shape index (κ3) is 3.41. The lowest BCUT2D eigenvalue weighted by Gasteiger charge is -2.11. The van der Waals surface area contributed by atoms with E-state index in [0.29, 0.717) is 10.2 Å². The number of anilines is 1. The first-order valence-corrected chi connectivity index (χ1v) is 6.34. The summed E-state index contributed by atoms with van der Waals surface area (Å²) in [5.74, 6) is -0.0956. The topological polar surface area (TPSA) is 48.1 Å². The van der Waals surface area contributed by atoms with Crippen molar-refractivity contribution < 1.29 is 17.9 Å². The van der Waals surface area contributed by atoms with E-state index in [1.807, 2.05) is 6.92 Å². The molecule has 7 heteroatoms. The van der Waals surface area contributed by atoms with E-state index in [1.54, 1.807) is 18.2 Å². The van der Waals surface area contributed by atoms with Crippen LogP contribution >= 0.6 is 15.9 Å². The third-order valence-corrected chi connectivity index (χ3v) is 3.07. The average molecular weight is 347 g/mol. The van der Waals surface area contributed by atoms with Crippen molar-refractivity contribution in [3.63, 3.8) is 0 Å². The summed E-state index contributed by atoms with van der Waals surface area (Å²) in [5, 5.41) is 0. The first-order chi connectivity index (χ1) is 9.25. The highest BCUT2D eigenvalue weighted by molar-refractivity contribution is 9.10. The third-order valence-electron chi connectivity index (χ3n) is 2.45. The van der Waals surface area contributed by atoms with Crippen LogP contribution in [0.2, 0.25) is 0 Å². The molecule has 2 rings (SSSR count). The summed E-state index contributed by atoms with van der Waals surface area (Å²) < 4.78 is 44.0. The molecule has 0 aliphatic carbocycles. The van der Waals surface area contributed by atoms with Gasteiger partial charge in [0.05, 0.1) is 10.0 Å². The van der Waals surface area contributed by atoms with Gasteiger partial charge in [-0.05, 0) is 46.6 Å². The lowest BCUT2D eigenvalue weighted by Crippen LogP contribution is -2.07. The van der Waals surface area contributed by atoms with Gasteiger partial charge in [-0.25, -0.2) is 0 Å². The number of ether oxygens (including phenoxy) is 1. The van der Waals surface area contributed by atoms with E-state index < -0.39 is 11.7 Å². The van der Waals surface area contributed by atoms with E-state index in [9.17, 15) is 13.2 Å². The summed E-state index contributed by atoms with van der Waals surface area (Å²) >= 11 is 3.27. The molecule has 1 aromatic carbocycles. The minimum Gasteiger partial charge on any atom is -0.438 e. The zero-order valence-electron chi connectivity index (χ0n) is 10.3. The molecule has 0 bridgehead atoms. The molecule has 0 unspecified atom stereocenters. The van der Waals surface area contributed by atoms with Crippen molar-refractivity contribution >= 4 is 21.7 Å². The van der Waals surface area contributed by atoms with Crippen LogP contribution in [0.3, 0.4) is 0 Å². The smallest absolute Gasteiger partial charge is 0.416 e. The fourth-order valence-electron chi connectivity index (χ4n) is 1.54. The van der Waals surface area contributed by atoms with Gasteiger partial charge in [0, 0.05) is 6.07 Å². The molecule has 2 N–H and O–H groups in total.